The molecule has 0 aromatic heterocycles. The molecule has 0 unspecified atom stereocenters. The van der Waals surface area contributed by atoms with E-state index in [1.54, 1.807) is 14.2 Å². The van der Waals surface area contributed by atoms with E-state index in [0.717, 1.165) is 0 Å². The van der Waals surface area contributed by atoms with E-state index in [4.69, 9.17) is 0 Å². The van der Waals surface area contributed by atoms with Crippen LogP contribution < -0.4 is 0 Å². The van der Waals surface area contributed by atoms with Crippen molar-refractivity contribution in [3.05, 3.63) is 0 Å². The molecular weight excluding hydrogens is 95.0 g/mol. The van der Waals surface area contributed by atoms with E-state index in [1.807, 2.05) is 0 Å². The van der Waals surface area contributed by atoms with Crippen LogP contribution in [0.3, 0.4) is 0 Å². The molecule has 1 nitrogen and oxygen atoms in total. The Labute approximate surface area is 36.8 Å². The first kappa shape index (κ1) is 8.82. The predicted molar refractivity (Wildman–Crippen MR) is 12.9 cm³/mol. The summed E-state index contributed by atoms with van der Waals surface area (Å²) in [6.07, 6.45) is 0. The maximum atomic E-state index is 4.25. The fourth-order valence-electron chi connectivity index (χ4n) is 0. The van der Waals surface area contributed by atoms with Crippen molar-refractivity contribution in [3.8, 4) is 0 Å². The molecule has 0 aromatic rings. The molecule has 0 amide bonds. The van der Waals surface area contributed by atoms with E-state index < -0.39 is 0 Å². The van der Waals surface area contributed by atoms with Crippen molar-refractivity contribution in [2.75, 3.05) is 14.2 Å². The van der Waals surface area contributed by atoms with Gasteiger partial charge in [0.1, 0.15) is 0 Å². The Kier molecular flexibility index (Phi) is 21.6. The Bertz CT molecular complexity index is 6.00. The van der Waals surface area contributed by atoms with Crippen molar-refractivity contribution in [1.29, 1.82) is 0 Å². The Morgan fingerprint density at radius 1 is 1.25 bits per heavy atom. The Morgan fingerprint density at radius 3 is 1.25 bits per heavy atom. The third-order valence-corrected chi connectivity index (χ3v) is 0. The molecule has 0 fully saturated rings. The number of ether oxygens (including phenoxy) is 1. The Balaban J connectivity index is 0. The normalized spacial score (nSPS) is 4.50. The van der Waals surface area contributed by atoms with Crippen molar-refractivity contribution in [2.24, 2.45) is 0 Å². The maximum absolute atomic E-state index is 4.25. The van der Waals surface area contributed by atoms with Gasteiger partial charge >= 0.3 is 0 Å². The molecule has 0 atom stereocenters. The molecule has 0 aliphatic rings. The van der Waals surface area contributed by atoms with Gasteiger partial charge in [0.2, 0.25) is 0 Å². The molecule has 0 saturated heterocycles. The third-order valence-electron chi connectivity index (χ3n) is 0. The summed E-state index contributed by atoms with van der Waals surface area (Å²) in [5.41, 5.74) is 0. The summed E-state index contributed by atoms with van der Waals surface area (Å²) in [5.74, 6) is 0. The van der Waals surface area contributed by atoms with Crippen LogP contribution in [-0.2, 0) is 21.8 Å². The van der Waals surface area contributed by atoms with Gasteiger partial charge in [-0.1, -0.05) is 0 Å². The molecular formula is C2H6MnO. The monoisotopic (exact) mass is 101 g/mol. The van der Waals surface area contributed by atoms with E-state index >= 15 is 0 Å². The van der Waals surface area contributed by atoms with Gasteiger partial charge in [0, 0.05) is 31.3 Å². The average molecular weight is 101 g/mol. The second-order valence-electron chi connectivity index (χ2n) is 0.408. The van der Waals surface area contributed by atoms with E-state index in [0.29, 0.717) is 0 Å². The SMILES string of the molecule is COC.[Mn]. The smallest absolute Gasteiger partial charge is 0.0351 e. The van der Waals surface area contributed by atoms with Gasteiger partial charge in [-0.15, -0.1) is 0 Å². The number of rotatable bonds is 0. The van der Waals surface area contributed by atoms with Gasteiger partial charge < -0.3 is 4.74 Å². The van der Waals surface area contributed by atoms with Crippen LogP contribution in [0.4, 0.5) is 0 Å². The van der Waals surface area contributed by atoms with Crippen LogP contribution in [0.1, 0.15) is 0 Å². The van der Waals surface area contributed by atoms with Gasteiger partial charge in [0.05, 0.1) is 0 Å². The van der Waals surface area contributed by atoms with E-state index in [-0.39, 0.29) is 17.1 Å². The van der Waals surface area contributed by atoms with Crippen molar-refractivity contribution in [3.63, 3.8) is 0 Å². The third kappa shape index (κ3) is 23.6. The first-order valence-electron chi connectivity index (χ1n) is 0.816. The molecule has 27 valence electrons. The maximum Gasteiger partial charge on any atom is 0.0351 e. The van der Waals surface area contributed by atoms with Gasteiger partial charge in [-0.05, 0) is 0 Å². The molecule has 1 radical (unpaired) electrons. The van der Waals surface area contributed by atoms with Crippen molar-refractivity contribution in [1.82, 2.24) is 0 Å². The molecule has 0 saturated carbocycles. The van der Waals surface area contributed by atoms with Gasteiger partial charge in [-0.3, -0.25) is 0 Å². The van der Waals surface area contributed by atoms with Gasteiger partial charge in [0.15, 0.2) is 0 Å². The summed E-state index contributed by atoms with van der Waals surface area (Å²) >= 11 is 0. The topological polar surface area (TPSA) is 9.23 Å². The number of hydrogen-bond acceptors (Lipinski definition) is 1. The zero-order valence-corrected chi connectivity index (χ0v) is 3.97. The van der Waals surface area contributed by atoms with Gasteiger partial charge in [-0.2, -0.15) is 0 Å². The Morgan fingerprint density at radius 2 is 1.25 bits per heavy atom. The second-order valence-corrected chi connectivity index (χ2v) is 0.408. The summed E-state index contributed by atoms with van der Waals surface area (Å²) in [5, 5.41) is 0. The standard InChI is InChI=1S/C2H6O.Mn/c1-3-2;/h1-2H3;. The summed E-state index contributed by atoms with van der Waals surface area (Å²) in [6, 6.07) is 0. The van der Waals surface area contributed by atoms with Gasteiger partial charge in [-0.25, -0.2) is 0 Å². The Hall–Kier alpha value is 0.479. The molecule has 0 spiro atoms. The van der Waals surface area contributed by atoms with E-state index in [2.05, 4.69) is 4.74 Å². The first-order valence-corrected chi connectivity index (χ1v) is 0.816. The van der Waals surface area contributed by atoms with E-state index in [9.17, 15) is 0 Å². The molecule has 2 heteroatoms. The quantitative estimate of drug-likeness (QED) is 0.397. The summed E-state index contributed by atoms with van der Waals surface area (Å²) in [6.45, 7) is 0. The van der Waals surface area contributed by atoms with Gasteiger partial charge in [0.25, 0.3) is 0 Å². The number of methoxy groups -OCH3 is 1. The van der Waals surface area contributed by atoms with Crippen LogP contribution in [0, 0.1) is 0 Å². The van der Waals surface area contributed by atoms with Crippen LogP contribution in [0.2, 0.25) is 0 Å². The number of hydrogen-bond donors (Lipinski definition) is 0. The molecule has 0 aliphatic heterocycles. The van der Waals surface area contributed by atoms with Crippen molar-refractivity contribution < 1.29 is 21.8 Å². The summed E-state index contributed by atoms with van der Waals surface area (Å²) in [4.78, 5) is 0. The minimum Gasteiger partial charge on any atom is -0.388 e. The minimum atomic E-state index is 0. The fraction of sp³-hybridized carbons (Fsp3) is 1.00. The average Bonchev–Trinajstić information content (AvgIpc) is 0.918. The summed E-state index contributed by atoms with van der Waals surface area (Å²) in [7, 11) is 3.25. The largest absolute Gasteiger partial charge is 0.388 e. The predicted octanol–water partition coefficient (Wildman–Crippen LogP) is 0.260. The fourth-order valence-corrected chi connectivity index (χ4v) is 0. The van der Waals surface area contributed by atoms with Crippen molar-refractivity contribution >= 4 is 0 Å². The molecule has 0 aliphatic carbocycles. The minimum absolute atomic E-state index is 0. The van der Waals surface area contributed by atoms with Crippen LogP contribution in [-0.4, -0.2) is 14.2 Å². The molecule has 0 aromatic carbocycles. The van der Waals surface area contributed by atoms with E-state index in [1.165, 1.54) is 0 Å². The zero-order valence-electron chi connectivity index (χ0n) is 2.79. The van der Waals surface area contributed by atoms with Crippen LogP contribution >= 0.6 is 0 Å². The first-order chi connectivity index (χ1) is 1.41. The van der Waals surface area contributed by atoms with Crippen LogP contribution in [0.15, 0.2) is 0 Å². The molecule has 0 heterocycles. The van der Waals surface area contributed by atoms with Crippen LogP contribution in [0.25, 0.3) is 0 Å². The summed E-state index contributed by atoms with van der Waals surface area (Å²) < 4.78 is 4.25. The second kappa shape index (κ2) is 9.77. The van der Waals surface area contributed by atoms with Crippen LogP contribution in [0.5, 0.6) is 0 Å². The molecule has 4 heavy (non-hydrogen) atoms. The molecule has 0 rings (SSSR count). The molecule has 0 bridgehead atoms. The molecule has 0 N–H and O–H groups in total. The zero-order chi connectivity index (χ0) is 2.71. The van der Waals surface area contributed by atoms with Crippen molar-refractivity contribution in [2.45, 2.75) is 0 Å².